The molecule has 2 heterocycles. The zero-order valence-corrected chi connectivity index (χ0v) is 15.8. The number of aromatic nitrogens is 3. The second kappa shape index (κ2) is 8.34. The minimum atomic E-state index is -0.797. The van der Waals surface area contributed by atoms with Crippen LogP contribution in [0, 0.1) is 6.92 Å². The Kier molecular flexibility index (Phi) is 5.68. The molecular formula is C20H19N5O4. The number of aryl methyl sites for hydroxylation is 1. The molecule has 0 saturated heterocycles. The number of amides is 1. The fourth-order valence-electron chi connectivity index (χ4n) is 2.72. The number of hydrogen-bond acceptors (Lipinski definition) is 6. The maximum Gasteiger partial charge on any atom is 0.335 e. The van der Waals surface area contributed by atoms with Crippen molar-refractivity contribution in [2.45, 2.75) is 20.3 Å². The van der Waals surface area contributed by atoms with Crippen LogP contribution in [0.4, 0.5) is 0 Å². The highest BCUT2D eigenvalue weighted by atomic mass is 16.3. The van der Waals surface area contributed by atoms with E-state index in [1.165, 1.54) is 24.5 Å². The molecule has 9 nitrogen and oxygen atoms in total. The highest BCUT2D eigenvalue weighted by molar-refractivity contribution is 6.03. The summed E-state index contributed by atoms with van der Waals surface area (Å²) < 4.78 is 0.978. The Morgan fingerprint density at radius 1 is 1.17 bits per heavy atom. The molecule has 0 atom stereocenters. The van der Waals surface area contributed by atoms with E-state index in [1.54, 1.807) is 31.2 Å². The van der Waals surface area contributed by atoms with E-state index in [4.69, 9.17) is 0 Å². The van der Waals surface area contributed by atoms with Gasteiger partial charge in [-0.2, -0.15) is 5.10 Å². The van der Waals surface area contributed by atoms with Crippen molar-refractivity contribution < 1.29 is 9.90 Å². The minimum absolute atomic E-state index is 0.118. The van der Waals surface area contributed by atoms with E-state index in [1.807, 2.05) is 6.92 Å². The van der Waals surface area contributed by atoms with E-state index in [0.29, 0.717) is 11.3 Å². The summed E-state index contributed by atoms with van der Waals surface area (Å²) in [5, 5.41) is 14.7. The zero-order chi connectivity index (χ0) is 21.0. The Labute approximate surface area is 165 Å². The largest absolute Gasteiger partial charge is 0.493 e. The molecule has 3 N–H and O–H groups in total. The standard InChI is InChI=1S/C20H19N5O4/c1-3-15(23-24-17(26)13-8-10-21-11-9-13)16-18(27)22-20(29)25(19(16)28)14-6-4-12(2)5-7-14/h4-11,28H,3H2,1-2H3,(H,24,26)(H,22,27,29)/b23-15-. The van der Waals surface area contributed by atoms with Gasteiger partial charge in [0.05, 0.1) is 11.4 Å². The lowest BCUT2D eigenvalue weighted by molar-refractivity contribution is 0.0954. The average Bonchev–Trinajstić information content (AvgIpc) is 2.72. The fourth-order valence-corrected chi connectivity index (χ4v) is 2.72. The first-order valence-electron chi connectivity index (χ1n) is 8.85. The first-order chi connectivity index (χ1) is 13.9. The molecule has 0 aliphatic heterocycles. The maximum atomic E-state index is 12.4. The summed E-state index contributed by atoms with van der Waals surface area (Å²) in [5.74, 6) is -1.05. The van der Waals surface area contributed by atoms with Gasteiger partial charge in [-0.3, -0.25) is 19.6 Å². The Bertz CT molecular complexity index is 1180. The van der Waals surface area contributed by atoms with Gasteiger partial charge in [0.2, 0.25) is 5.88 Å². The summed E-state index contributed by atoms with van der Waals surface area (Å²) in [6, 6.07) is 9.86. The molecule has 0 fully saturated rings. The molecule has 3 rings (SSSR count). The molecule has 0 radical (unpaired) electrons. The second-order valence-electron chi connectivity index (χ2n) is 6.22. The summed E-state index contributed by atoms with van der Waals surface area (Å²) in [6.07, 6.45) is 3.15. The Morgan fingerprint density at radius 2 is 1.83 bits per heavy atom. The van der Waals surface area contributed by atoms with Crippen molar-refractivity contribution in [3.63, 3.8) is 0 Å². The summed E-state index contributed by atoms with van der Waals surface area (Å²) in [4.78, 5) is 42.9. The van der Waals surface area contributed by atoms with Crippen LogP contribution >= 0.6 is 0 Å². The van der Waals surface area contributed by atoms with Gasteiger partial charge < -0.3 is 5.11 Å². The first kappa shape index (κ1) is 19.7. The van der Waals surface area contributed by atoms with Crippen molar-refractivity contribution in [1.29, 1.82) is 0 Å². The SMILES string of the molecule is CC/C(=N/NC(=O)c1ccncc1)c1c(O)n(-c2ccc(C)cc2)c(=O)[nH]c1=O. The van der Waals surface area contributed by atoms with Gasteiger partial charge in [0.15, 0.2) is 0 Å². The number of pyridine rings is 1. The van der Waals surface area contributed by atoms with Crippen molar-refractivity contribution >= 4 is 11.6 Å². The zero-order valence-electron chi connectivity index (χ0n) is 15.8. The molecule has 0 aliphatic carbocycles. The lowest BCUT2D eigenvalue weighted by Gasteiger charge is -2.12. The lowest BCUT2D eigenvalue weighted by Crippen LogP contribution is -2.34. The van der Waals surface area contributed by atoms with Crippen molar-refractivity contribution in [3.05, 3.63) is 86.3 Å². The molecule has 0 unspecified atom stereocenters. The summed E-state index contributed by atoms with van der Waals surface area (Å²) in [6.45, 7) is 3.59. The first-order valence-corrected chi connectivity index (χ1v) is 8.85. The van der Waals surface area contributed by atoms with E-state index < -0.39 is 23.0 Å². The third-order valence-corrected chi connectivity index (χ3v) is 4.24. The molecule has 2 aromatic heterocycles. The second-order valence-corrected chi connectivity index (χ2v) is 6.22. The van der Waals surface area contributed by atoms with Crippen LogP contribution in [-0.4, -0.2) is 31.3 Å². The molecular weight excluding hydrogens is 374 g/mol. The van der Waals surface area contributed by atoms with Crippen LogP contribution in [0.25, 0.3) is 5.69 Å². The number of nitrogens with one attached hydrogen (secondary N) is 2. The van der Waals surface area contributed by atoms with Gasteiger partial charge in [-0.05, 0) is 37.6 Å². The third-order valence-electron chi connectivity index (χ3n) is 4.24. The molecule has 1 aromatic carbocycles. The Balaban J connectivity index is 2.05. The predicted molar refractivity (Wildman–Crippen MR) is 108 cm³/mol. The van der Waals surface area contributed by atoms with Crippen molar-refractivity contribution in [2.75, 3.05) is 0 Å². The average molecular weight is 393 g/mol. The number of carbonyl (C=O) groups excluding carboxylic acids is 1. The molecule has 148 valence electrons. The predicted octanol–water partition coefficient (Wildman–Crippen LogP) is 1.48. The topological polar surface area (TPSA) is 129 Å². The van der Waals surface area contributed by atoms with Crippen LogP contribution in [0.5, 0.6) is 5.88 Å². The number of hydrogen-bond donors (Lipinski definition) is 3. The smallest absolute Gasteiger partial charge is 0.335 e. The number of hydrazone groups is 1. The monoisotopic (exact) mass is 393 g/mol. The summed E-state index contributed by atoms with van der Waals surface area (Å²) in [7, 11) is 0. The molecule has 0 aliphatic rings. The van der Waals surface area contributed by atoms with Gasteiger partial charge in [0.25, 0.3) is 11.5 Å². The lowest BCUT2D eigenvalue weighted by atomic mass is 10.1. The Morgan fingerprint density at radius 3 is 2.45 bits per heavy atom. The van der Waals surface area contributed by atoms with Crippen LogP contribution in [0.2, 0.25) is 0 Å². The normalized spacial score (nSPS) is 11.3. The van der Waals surface area contributed by atoms with Gasteiger partial charge in [0.1, 0.15) is 5.56 Å². The number of aromatic amines is 1. The molecule has 9 heteroatoms. The van der Waals surface area contributed by atoms with Gasteiger partial charge in [-0.1, -0.05) is 24.6 Å². The van der Waals surface area contributed by atoms with Crippen LogP contribution in [0.1, 0.15) is 34.8 Å². The van der Waals surface area contributed by atoms with E-state index in [0.717, 1.165) is 10.1 Å². The highest BCUT2D eigenvalue weighted by Crippen LogP contribution is 2.18. The Hall–Kier alpha value is -4.01. The number of nitrogens with zero attached hydrogens (tertiary/aromatic N) is 3. The number of H-pyrrole nitrogens is 1. The maximum absolute atomic E-state index is 12.4. The van der Waals surface area contributed by atoms with Crippen molar-refractivity contribution in [2.24, 2.45) is 5.10 Å². The van der Waals surface area contributed by atoms with Crippen molar-refractivity contribution in [3.8, 4) is 11.6 Å². The number of aromatic hydroxyl groups is 1. The van der Waals surface area contributed by atoms with Crippen LogP contribution in [-0.2, 0) is 0 Å². The van der Waals surface area contributed by atoms with Gasteiger partial charge in [0, 0.05) is 18.0 Å². The molecule has 29 heavy (non-hydrogen) atoms. The van der Waals surface area contributed by atoms with E-state index in [-0.39, 0.29) is 17.7 Å². The highest BCUT2D eigenvalue weighted by Gasteiger charge is 2.20. The van der Waals surface area contributed by atoms with Gasteiger partial charge in [-0.25, -0.2) is 14.8 Å². The minimum Gasteiger partial charge on any atom is -0.493 e. The molecule has 3 aromatic rings. The van der Waals surface area contributed by atoms with E-state index in [2.05, 4.69) is 20.5 Å². The quantitative estimate of drug-likeness (QED) is 0.447. The van der Waals surface area contributed by atoms with Gasteiger partial charge >= 0.3 is 5.69 Å². The van der Waals surface area contributed by atoms with Crippen molar-refractivity contribution in [1.82, 2.24) is 20.0 Å². The molecule has 0 saturated carbocycles. The fraction of sp³-hybridized carbons (Fsp3) is 0.150. The summed E-state index contributed by atoms with van der Waals surface area (Å²) in [5.41, 5.74) is 2.39. The van der Waals surface area contributed by atoms with Gasteiger partial charge in [-0.15, -0.1) is 0 Å². The molecule has 1 amide bonds. The molecule has 0 spiro atoms. The van der Waals surface area contributed by atoms with E-state index >= 15 is 0 Å². The van der Waals surface area contributed by atoms with Crippen LogP contribution < -0.4 is 16.7 Å². The third kappa shape index (κ3) is 4.13. The molecule has 0 bridgehead atoms. The number of rotatable bonds is 5. The van der Waals surface area contributed by atoms with Crippen LogP contribution in [0.3, 0.4) is 0 Å². The van der Waals surface area contributed by atoms with E-state index in [9.17, 15) is 19.5 Å². The summed E-state index contributed by atoms with van der Waals surface area (Å²) >= 11 is 0. The number of benzene rings is 1. The number of carbonyl (C=O) groups is 1. The van der Waals surface area contributed by atoms with Crippen LogP contribution in [0.15, 0.2) is 63.5 Å².